The Morgan fingerprint density at radius 3 is 2.93 bits per heavy atom. The van der Waals surface area contributed by atoms with Crippen LogP contribution < -0.4 is 4.90 Å². The van der Waals surface area contributed by atoms with Crippen molar-refractivity contribution >= 4 is 11.8 Å². The Morgan fingerprint density at radius 1 is 1.60 bits per heavy atom. The van der Waals surface area contributed by atoms with E-state index in [0.717, 1.165) is 11.4 Å². The molecule has 1 aromatic rings. The molecule has 4 heteroatoms. The second-order valence-corrected chi connectivity index (χ2v) is 3.56. The van der Waals surface area contributed by atoms with E-state index in [1.165, 1.54) is 0 Å². The highest BCUT2D eigenvalue weighted by Gasteiger charge is 2.05. The summed E-state index contributed by atoms with van der Waals surface area (Å²) >= 11 is 0. The molecule has 1 rings (SSSR count). The minimum Gasteiger partial charge on any atom is -0.481 e. The van der Waals surface area contributed by atoms with Crippen molar-refractivity contribution in [1.29, 1.82) is 0 Å². The molecular weight excluding hydrogens is 192 g/mol. The number of hydrogen-bond donors (Lipinski definition) is 1. The molecule has 0 unspecified atom stereocenters. The van der Waals surface area contributed by atoms with E-state index in [4.69, 9.17) is 5.11 Å². The molecule has 0 saturated heterocycles. The summed E-state index contributed by atoms with van der Waals surface area (Å²) in [5.41, 5.74) is 1.11. The highest BCUT2D eigenvalue weighted by atomic mass is 16.4. The van der Waals surface area contributed by atoms with Crippen LogP contribution in [0.15, 0.2) is 18.3 Å². The number of nitrogens with zero attached hydrogens (tertiary/aromatic N) is 2. The summed E-state index contributed by atoms with van der Waals surface area (Å²) in [6.45, 7) is 2.71. The predicted octanol–water partition coefficient (Wildman–Crippen LogP) is 1.69. The van der Waals surface area contributed by atoms with Gasteiger partial charge in [-0.05, 0) is 25.0 Å². The maximum atomic E-state index is 10.4. The van der Waals surface area contributed by atoms with Crippen molar-refractivity contribution in [1.82, 2.24) is 4.98 Å². The molecule has 0 aliphatic rings. The van der Waals surface area contributed by atoms with Crippen LogP contribution in [-0.2, 0) is 4.79 Å². The van der Waals surface area contributed by atoms with Gasteiger partial charge in [0.05, 0.1) is 0 Å². The fourth-order valence-electron chi connectivity index (χ4n) is 1.45. The zero-order chi connectivity index (χ0) is 11.3. The highest BCUT2D eigenvalue weighted by molar-refractivity contribution is 5.66. The number of anilines is 1. The lowest BCUT2D eigenvalue weighted by atomic mass is 10.2. The van der Waals surface area contributed by atoms with Gasteiger partial charge in [-0.25, -0.2) is 4.98 Å². The van der Waals surface area contributed by atoms with Crippen molar-refractivity contribution in [2.45, 2.75) is 19.8 Å². The Morgan fingerprint density at radius 2 is 2.33 bits per heavy atom. The molecule has 1 aromatic heterocycles. The molecule has 4 nitrogen and oxygen atoms in total. The summed E-state index contributed by atoms with van der Waals surface area (Å²) in [4.78, 5) is 16.6. The largest absolute Gasteiger partial charge is 0.481 e. The SMILES string of the molecule is Cc1cccnc1N(C)CCCC(=O)O. The monoisotopic (exact) mass is 208 g/mol. The van der Waals surface area contributed by atoms with Crippen LogP contribution in [0.2, 0.25) is 0 Å². The number of carboxylic acids is 1. The first-order valence-electron chi connectivity index (χ1n) is 4.96. The molecule has 0 bridgehead atoms. The van der Waals surface area contributed by atoms with Crippen LogP contribution in [-0.4, -0.2) is 29.7 Å². The van der Waals surface area contributed by atoms with Crippen molar-refractivity contribution in [3.63, 3.8) is 0 Å². The zero-order valence-corrected chi connectivity index (χ0v) is 9.10. The average molecular weight is 208 g/mol. The standard InChI is InChI=1S/C11H16N2O2/c1-9-5-3-7-12-11(9)13(2)8-4-6-10(14)15/h3,5,7H,4,6,8H2,1-2H3,(H,14,15). The van der Waals surface area contributed by atoms with Gasteiger partial charge in [0.25, 0.3) is 0 Å². The number of rotatable bonds is 5. The second kappa shape index (κ2) is 5.34. The van der Waals surface area contributed by atoms with Gasteiger partial charge in [0.15, 0.2) is 0 Å². The van der Waals surface area contributed by atoms with E-state index in [0.29, 0.717) is 13.0 Å². The summed E-state index contributed by atoms with van der Waals surface area (Å²) in [5.74, 6) is 0.170. The third-order valence-electron chi connectivity index (χ3n) is 2.23. The van der Waals surface area contributed by atoms with Gasteiger partial charge < -0.3 is 10.0 Å². The third-order valence-corrected chi connectivity index (χ3v) is 2.23. The van der Waals surface area contributed by atoms with Gasteiger partial charge in [0.2, 0.25) is 0 Å². The highest BCUT2D eigenvalue weighted by Crippen LogP contribution is 2.14. The van der Waals surface area contributed by atoms with E-state index in [1.807, 2.05) is 31.0 Å². The van der Waals surface area contributed by atoms with Crippen LogP contribution in [0.4, 0.5) is 5.82 Å². The van der Waals surface area contributed by atoms with Crippen LogP contribution in [0, 0.1) is 6.92 Å². The number of carbonyl (C=O) groups is 1. The fraction of sp³-hybridized carbons (Fsp3) is 0.455. The van der Waals surface area contributed by atoms with Crippen LogP contribution in [0.25, 0.3) is 0 Å². The van der Waals surface area contributed by atoms with E-state index in [2.05, 4.69) is 4.98 Å². The van der Waals surface area contributed by atoms with Crippen LogP contribution in [0.1, 0.15) is 18.4 Å². The van der Waals surface area contributed by atoms with Crippen LogP contribution >= 0.6 is 0 Å². The molecule has 0 amide bonds. The first-order chi connectivity index (χ1) is 7.11. The molecule has 0 aromatic carbocycles. The minimum absolute atomic E-state index is 0.205. The van der Waals surface area contributed by atoms with Gasteiger partial charge >= 0.3 is 5.97 Å². The van der Waals surface area contributed by atoms with E-state index in [-0.39, 0.29) is 6.42 Å². The Labute approximate surface area is 89.6 Å². The van der Waals surface area contributed by atoms with Gasteiger partial charge in [-0.15, -0.1) is 0 Å². The van der Waals surface area contributed by atoms with Crippen molar-refractivity contribution in [2.75, 3.05) is 18.5 Å². The maximum Gasteiger partial charge on any atom is 0.303 e. The molecule has 82 valence electrons. The smallest absolute Gasteiger partial charge is 0.303 e. The number of aryl methyl sites for hydroxylation is 1. The number of pyridine rings is 1. The molecule has 1 N–H and O–H groups in total. The van der Waals surface area contributed by atoms with Gasteiger partial charge in [0, 0.05) is 26.2 Å². The summed E-state index contributed by atoms with van der Waals surface area (Å²) in [5, 5.41) is 8.52. The fourth-order valence-corrected chi connectivity index (χ4v) is 1.45. The van der Waals surface area contributed by atoms with Crippen molar-refractivity contribution in [2.24, 2.45) is 0 Å². The lowest BCUT2D eigenvalue weighted by Crippen LogP contribution is -2.21. The molecule has 0 radical (unpaired) electrons. The van der Waals surface area contributed by atoms with Crippen molar-refractivity contribution in [3.8, 4) is 0 Å². The number of hydrogen-bond acceptors (Lipinski definition) is 3. The first-order valence-corrected chi connectivity index (χ1v) is 4.96. The summed E-state index contributed by atoms with van der Waals surface area (Å²) < 4.78 is 0. The van der Waals surface area contributed by atoms with Crippen LogP contribution in [0.5, 0.6) is 0 Å². The van der Waals surface area contributed by atoms with E-state index < -0.39 is 5.97 Å². The Bertz CT molecular complexity index is 339. The third kappa shape index (κ3) is 3.58. The van der Waals surface area contributed by atoms with Gasteiger partial charge in [-0.1, -0.05) is 6.07 Å². The van der Waals surface area contributed by atoms with E-state index in [9.17, 15) is 4.79 Å². The number of carboxylic acid groups (broad SMARTS) is 1. The lowest BCUT2D eigenvalue weighted by Gasteiger charge is -2.19. The van der Waals surface area contributed by atoms with Gasteiger partial charge in [-0.3, -0.25) is 4.79 Å². The summed E-state index contributed by atoms with van der Waals surface area (Å²) in [6, 6.07) is 3.89. The Hall–Kier alpha value is -1.58. The second-order valence-electron chi connectivity index (χ2n) is 3.56. The average Bonchev–Trinajstić information content (AvgIpc) is 2.17. The maximum absolute atomic E-state index is 10.4. The number of aliphatic carboxylic acids is 1. The lowest BCUT2D eigenvalue weighted by molar-refractivity contribution is -0.137. The molecule has 0 spiro atoms. The Kier molecular flexibility index (Phi) is 4.09. The summed E-state index contributed by atoms with van der Waals surface area (Å²) in [7, 11) is 1.93. The predicted molar refractivity (Wildman–Crippen MR) is 59.1 cm³/mol. The summed E-state index contributed by atoms with van der Waals surface area (Å²) in [6.07, 6.45) is 2.59. The normalized spacial score (nSPS) is 10.0. The van der Waals surface area contributed by atoms with Gasteiger partial charge in [0.1, 0.15) is 5.82 Å². The molecular formula is C11H16N2O2. The number of aromatic nitrogens is 1. The molecule has 0 aliphatic heterocycles. The van der Waals surface area contributed by atoms with Crippen molar-refractivity contribution in [3.05, 3.63) is 23.9 Å². The topological polar surface area (TPSA) is 53.4 Å². The molecule has 0 saturated carbocycles. The van der Waals surface area contributed by atoms with E-state index >= 15 is 0 Å². The van der Waals surface area contributed by atoms with E-state index in [1.54, 1.807) is 6.20 Å². The quantitative estimate of drug-likeness (QED) is 0.800. The van der Waals surface area contributed by atoms with Crippen LogP contribution in [0.3, 0.4) is 0 Å². The molecule has 0 fully saturated rings. The first kappa shape index (κ1) is 11.5. The Balaban J connectivity index is 2.50. The van der Waals surface area contributed by atoms with Gasteiger partial charge in [-0.2, -0.15) is 0 Å². The molecule has 0 aliphatic carbocycles. The minimum atomic E-state index is -0.749. The molecule has 0 atom stereocenters. The molecule has 15 heavy (non-hydrogen) atoms. The zero-order valence-electron chi connectivity index (χ0n) is 9.10. The molecule has 1 heterocycles. The van der Waals surface area contributed by atoms with Crippen molar-refractivity contribution < 1.29 is 9.90 Å².